The second-order valence-electron chi connectivity index (χ2n) is 6.41. The lowest BCUT2D eigenvalue weighted by molar-refractivity contribution is -0.247. The molecule has 0 bridgehead atoms. The van der Waals surface area contributed by atoms with E-state index < -0.39 is 5.79 Å². The lowest BCUT2D eigenvalue weighted by Gasteiger charge is -2.38. The molecule has 2 unspecified atom stereocenters. The molecule has 1 saturated heterocycles. The molecule has 3 nitrogen and oxygen atoms in total. The number of hydrogen-bond acceptors (Lipinski definition) is 3. The molecular formula is C18H36O3. The molecule has 0 amide bonds. The third kappa shape index (κ3) is 6.66. The Morgan fingerprint density at radius 2 is 1.62 bits per heavy atom. The third-order valence-corrected chi connectivity index (χ3v) is 4.77. The average molecular weight is 300 g/mol. The van der Waals surface area contributed by atoms with Gasteiger partial charge in [-0.25, -0.2) is 0 Å². The van der Waals surface area contributed by atoms with Crippen LogP contribution in [0.5, 0.6) is 0 Å². The van der Waals surface area contributed by atoms with Gasteiger partial charge in [0.1, 0.15) is 0 Å². The van der Waals surface area contributed by atoms with Crippen molar-refractivity contribution in [1.82, 2.24) is 0 Å². The molecule has 0 aliphatic carbocycles. The fourth-order valence-corrected chi connectivity index (χ4v) is 3.38. The highest BCUT2D eigenvalue weighted by atomic mass is 16.7. The first kappa shape index (κ1) is 18.9. The summed E-state index contributed by atoms with van der Waals surface area (Å²) in [5.74, 6) is 0.0375. The van der Waals surface area contributed by atoms with Gasteiger partial charge in [-0.15, -0.1) is 0 Å². The molecule has 0 saturated carbocycles. The minimum atomic E-state index is -0.413. The summed E-state index contributed by atoms with van der Waals surface area (Å²) in [6.07, 6.45) is 12.8. The zero-order chi connectivity index (χ0) is 15.6. The number of rotatable bonds is 14. The van der Waals surface area contributed by atoms with E-state index >= 15 is 0 Å². The lowest BCUT2D eigenvalue weighted by atomic mass is 9.85. The molecule has 21 heavy (non-hydrogen) atoms. The van der Waals surface area contributed by atoms with Crippen molar-refractivity contribution in [2.75, 3.05) is 20.8 Å². The van der Waals surface area contributed by atoms with E-state index in [0.29, 0.717) is 12.0 Å². The molecule has 0 aromatic heterocycles. The molecule has 1 heterocycles. The Kier molecular flexibility index (Phi) is 9.54. The van der Waals surface area contributed by atoms with Gasteiger partial charge in [-0.3, -0.25) is 0 Å². The molecule has 0 N–H and O–H groups in total. The fraction of sp³-hybridized carbons (Fsp3) is 1.00. The van der Waals surface area contributed by atoms with E-state index in [-0.39, 0.29) is 0 Å². The molecule has 0 aromatic carbocycles. The Morgan fingerprint density at radius 3 is 2.14 bits per heavy atom. The third-order valence-electron chi connectivity index (χ3n) is 4.77. The number of methoxy groups -OCH3 is 2. The van der Waals surface area contributed by atoms with Crippen LogP contribution in [0.25, 0.3) is 0 Å². The minimum absolute atomic E-state index is 0.413. The molecule has 0 aromatic rings. The van der Waals surface area contributed by atoms with Crippen LogP contribution in [-0.4, -0.2) is 32.7 Å². The van der Waals surface area contributed by atoms with E-state index in [2.05, 4.69) is 13.8 Å². The molecule has 126 valence electrons. The number of unbranched alkanes of at least 4 members (excludes halogenated alkanes) is 5. The summed E-state index contributed by atoms with van der Waals surface area (Å²) in [4.78, 5) is 0. The zero-order valence-electron chi connectivity index (χ0n) is 14.7. The van der Waals surface area contributed by atoms with Crippen LogP contribution in [0.2, 0.25) is 0 Å². The Balaban J connectivity index is 2.44. The maximum absolute atomic E-state index is 5.84. The monoisotopic (exact) mass is 300 g/mol. The van der Waals surface area contributed by atoms with Crippen LogP contribution in [0.3, 0.4) is 0 Å². The fourth-order valence-electron chi connectivity index (χ4n) is 3.38. The molecule has 1 fully saturated rings. The van der Waals surface area contributed by atoms with Crippen LogP contribution in [0.4, 0.5) is 0 Å². The molecule has 0 spiro atoms. The summed E-state index contributed by atoms with van der Waals surface area (Å²) < 4.78 is 17.1. The van der Waals surface area contributed by atoms with Crippen molar-refractivity contribution in [2.24, 2.45) is 5.92 Å². The van der Waals surface area contributed by atoms with Gasteiger partial charge in [-0.1, -0.05) is 58.8 Å². The van der Waals surface area contributed by atoms with Gasteiger partial charge >= 0.3 is 0 Å². The second-order valence-corrected chi connectivity index (χ2v) is 6.41. The second kappa shape index (κ2) is 10.6. The summed E-state index contributed by atoms with van der Waals surface area (Å²) in [5, 5.41) is 0. The van der Waals surface area contributed by atoms with Gasteiger partial charge in [0.25, 0.3) is 0 Å². The number of epoxide rings is 1. The van der Waals surface area contributed by atoms with Crippen molar-refractivity contribution in [3.63, 3.8) is 0 Å². The van der Waals surface area contributed by atoms with Crippen molar-refractivity contribution in [1.29, 1.82) is 0 Å². The van der Waals surface area contributed by atoms with Crippen molar-refractivity contribution < 1.29 is 14.2 Å². The number of ether oxygens (including phenoxy) is 3. The molecule has 2 atom stereocenters. The first-order valence-electron chi connectivity index (χ1n) is 8.94. The van der Waals surface area contributed by atoms with E-state index in [0.717, 1.165) is 25.9 Å². The van der Waals surface area contributed by atoms with Gasteiger partial charge in [0, 0.05) is 26.6 Å². The predicted molar refractivity (Wildman–Crippen MR) is 87.5 cm³/mol. The molecule has 1 rings (SSSR count). The van der Waals surface area contributed by atoms with Gasteiger partial charge in [0.15, 0.2) is 5.79 Å². The Hall–Kier alpha value is -0.120. The lowest BCUT2D eigenvalue weighted by Crippen LogP contribution is -2.42. The Bertz CT molecular complexity index is 247. The molecule has 0 radical (unpaired) electrons. The maximum Gasteiger partial charge on any atom is 0.170 e. The first-order chi connectivity index (χ1) is 10.2. The van der Waals surface area contributed by atoms with Crippen molar-refractivity contribution in [3.8, 4) is 0 Å². The van der Waals surface area contributed by atoms with E-state index in [1.807, 2.05) is 0 Å². The highest BCUT2D eigenvalue weighted by Crippen LogP contribution is 2.37. The van der Waals surface area contributed by atoms with Crippen LogP contribution in [0.15, 0.2) is 0 Å². The summed E-state index contributed by atoms with van der Waals surface area (Å²) in [6, 6.07) is 0. The van der Waals surface area contributed by atoms with E-state index in [1.54, 1.807) is 14.2 Å². The SMILES string of the molecule is CCCCCCCCC(CC1CO1)C(CCC)(OC)OC. The summed E-state index contributed by atoms with van der Waals surface area (Å²) in [7, 11) is 3.59. The maximum atomic E-state index is 5.84. The van der Waals surface area contributed by atoms with E-state index in [4.69, 9.17) is 14.2 Å². The largest absolute Gasteiger partial charge is 0.373 e. The van der Waals surface area contributed by atoms with E-state index in [9.17, 15) is 0 Å². The first-order valence-corrected chi connectivity index (χ1v) is 8.94. The normalized spacial score (nSPS) is 19.7. The van der Waals surface area contributed by atoms with Crippen LogP contribution in [-0.2, 0) is 14.2 Å². The summed E-state index contributed by atoms with van der Waals surface area (Å²) >= 11 is 0. The summed E-state index contributed by atoms with van der Waals surface area (Å²) in [5.41, 5.74) is 0. The van der Waals surface area contributed by atoms with Gasteiger partial charge in [0.05, 0.1) is 12.7 Å². The van der Waals surface area contributed by atoms with Crippen LogP contribution < -0.4 is 0 Å². The smallest absolute Gasteiger partial charge is 0.170 e. The van der Waals surface area contributed by atoms with Gasteiger partial charge in [0.2, 0.25) is 0 Å². The molecule has 1 aliphatic rings. The van der Waals surface area contributed by atoms with Gasteiger partial charge < -0.3 is 14.2 Å². The van der Waals surface area contributed by atoms with Crippen molar-refractivity contribution >= 4 is 0 Å². The highest BCUT2D eigenvalue weighted by molar-refractivity contribution is 4.85. The average Bonchev–Trinajstić information content (AvgIpc) is 3.31. The topological polar surface area (TPSA) is 31.0 Å². The van der Waals surface area contributed by atoms with Crippen LogP contribution in [0, 0.1) is 5.92 Å². The van der Waals surface area contributed by atoms with Crippen LogP contribution in [0.1, 0.15) is 78.1 Å². The Labute approximate surface area is 131 Å². The predicted octanol–water partition coefficient (Wildman–Crippen LogP) is 4.93. The van der Waals surface area contributed by atoms with Crippen LogP contribution >= 0.6 is 0 Å². The number of hydrogen-bond donors (Lipinski definition) is 0. The van der Waals surface area contributed by atoms with E-state index in [1.165, 1.54) is 44.9 Å². The van der Waals surface area contributed by atoms with Crippen molar-refractivity contribution in [3.05, 3.63) is 0 Å². The molecule has 1 aliphatic heterocycles. The standard InChI is InChI=1S/C18H36O3/c1-5-7-8-9-10-11-12-16(14-17-15-21-17)18(19-3,20-4)13-6-2/h16-17H,5-15H2,1-4H3. The van der Waals surface area contributed by atoms with Gasteiger partial charge in [-0.2, -0.15) is 0 Å². The minimum Gasteiger partial charge on any atom is -0.373 e. The van der Waals surface area contributed by atoms with Gasteiger partial charge in [-0.05, 0) is 12.8 Å². The quantitative estimate of drug-likeness (QED) is 0.259. The highest BCUT2D eigenvalue weighted by Gasteiger charge is 2.41. The molecule has 3 heteroatoms. The molecular weight excluding hydrogens is 264 g/mol. The van der Waals surface area contributed by atoms with Crippen molar-refractivity contribution in [2.45, 2.75) is 89.9 Å². The summed E-state index contributed by atoms with van der Waals surface area (Å²) in [6.45, 7) is 5.38. The Morgan fingerprint density at radius 1 is 1.00 bits per heavy atom. The zero-order valence-corrected chi connectivity index (χ0v) is 14.7.